The SMILES string of the molecule is CC1CNCCN(Cc2ccc(Cl)cc2)S1(=O)=O. The Morgan fingerprint density at radius 1 is 1.39 bits per heavy atom. The van der Waals surface area contributed by atoms with Gasteiger partial charge in [0.15, 0.2) is 0 Å². The van der Waals surface area contributed by atoms with Crippen molar-refractivity contribution in [3.63, 3.8) is 0 Å². The molecule has 0 spiro atoms. The molecule has 1 unspecified atom stereocenters. The second kappa shape index (κ2) is 5.57. The Hall–Kier alpha value is -0.620. The summed E-state index contributed by atoms with van der Waals surface area (Å²) >= 11 is 5.82. The fraction of sp³-hybridized carbons (Fsp3) is 0.500. The Kier molecular flexibility index (Phi) is 4.27. The molecular formula is C12H17ClN2O2S. The highest BCUT2D eigenvalue weighted by molar-refractivity contribution is 7.89. The topological polar surface area (TPSA) is 49.4 Å². The highest BCUT2D eigenvalue weighted by atomic mass is 35.5. The van der Waals surface area contributed by atoms with E-state index >= 15 is 0 Å². The molecule has 1 aromatic carbocycles. The minimum Gasteiger partial charge on any atom is -0.314 e. The molecule has 0 radical (unpaired) electrons. The second-order valence-corrected chi connectivity index (χ2v) is 7.31. The summed E-state index contributed by atoms with van der Waals surface area (Å²) in [6.07, 6.45) is 0. The Balaban J connectivity index is 2.18. The van der Waals surface area contributed by atoms with Crippen LogP contribution < -0.4 is 5.32 Å². The van der Waals surface area contributed by atoms with Gasteiger partial charge in [-0.15, -0.1) is 0 Å². The first-order valence-corrected chi connectivity index (χ1v) is 7.82. The van der Waals surface area contributed by atoms with Crippen LogP contribution in [0.4, 0.5) is 0 Å². The number of nitrogens with zero attached hydrogens (tertiary/aromatic N) is 1. The van der Waals surface area contributed by atoms with E-state index in [4.69, 9.17) is 11.6 Å². The lowest BCUT2D eigenvalue weighted by Crippen LogP contribution is -2.37. The summed E-state index contributed by atoms with van der Waals surface area (Å²) < 4.78 is 26.1. The number of rotatable bonds is 2. The van der Waals surface area contributed by atoms with Crippen LogP contribution in [-0.2, 0) is 16.6 Å². The molecule has 18 heavy (non-hydrogen) atoms. The van der Waals surface area contributed by atoms with Crippen molar-refractivity contribution in [3.05, 3.63) is 34.9 Å². The molecule has 0 bridgehead atoms. The van der Waals surface area contributed by atoms with E-state index in [0.29, 0.717) is 31.2 Å². The first kappa shape index (κ1) is 13.8. The second-order valence-electron chi connectivity index (χ2n) is 4.52. The molecule has 1 heterocycles. The molecule has 4 nitrogen and oxygen atoms in total. The lowest BCUT2D eigenvalue weighted by atomic mass is 10.2. The van der Waals surface area contributed by atoms with Crippen molar-refractivity contribution in [3.8, 4) is 0 Å². The van der Waals surface area contributed by atoms with Crippen LogP contribution >= 0.6 is 11.6 Å². The molecule has 0 aromatic heterocycles. The van der Waals surface area contributed by atoms with Crippen molar-refractivity contribution < 1.29 is 8.42 Å². The first-order valence-electron chi connectivity index (χ1n) is 5.94. The van der Waals surface area contributed by atoms with Crippen molar-refractivity contribution in [1.82, 2.24) is 9.62 Å². The van der Waals surface area contributed by atoms with E-state index < -0.39 is 10.0 Å². The van der Waals surface area contributed by atoms with Gasteiger partial charge < -0.3 is 5.32 Å². The fourth-order valence-corrected chi connectivity index (χ4v) is 3.60. The number of hydrogen-bond donors (Lipinski definition) is 1. The maximum absolute atomic E-state index is 12.3. The van der Waals surface area contributed by atoms with E-state index in [1.54, 1.807) is 23.4 Å². The molecule has 0 amide bonds. The minimum atomic E-state index is -3.21. The van der Waals surface area contributed by atoms with Crippen LogP contribution in [0.15, 0.2) is 24.3 Å². The zero-order valence-corrected chi connectivity index (χ0v) is 11.8. The molecule has 0 aliphatic carbocycles. The quantitative estimate of drug-likeness (QED) is 0.896. The molecule has 0 saturated carbocycles. The normalized spacial score (nSPS) is 24.7. The zero-order valence-electron chi connectivity index (χ0n) is 10.3. The summed E-state index contributed by atoms with van der Waals surface area (Å²) in [7, 11) is -3.21. The van der Waals surface area contributed by atoms with Crippen LogP contribution in [0.5, 0.6) is 0 Å². The molecule has 1 N–H and O–H groups in total. The molecule has 1 fully saturated rings. The summed E-state index contributed by atoms with van der Waals surface area (Å²) in [5, 5.41) is 3.41. The van der Waals surface area contributed by atoms with Gasteiger partial charge in [-0.3, -0.25) is 0 Å². The highest BCUT2D eigenvalue weighted by Gasteiger charge is 2.30. The third-order valence-electron chi connectivity index (χ3n) is 3.11. The van der Waals surface area contributed by atoms with E-state index in [1.807, 2.05) is 12.1 Å². The molecule has 1 aliphatic rings. The van der Waals surface area contributed by atoms with E-state index in [1.165, 1.54) is 0 Å². The molecule has 6 heteroatoms. The van der Waals surface area contributed by atoms with Crippen molar-refractivity contribution in [2.24, 2.45) is 0 Å². The van der Waals surface area contributed by atoms with Gasteiger partial charge in [-0.1, -0.05) is 23.7 Å². The van der Waals surface area contributed by atoms with Crippen molar-refractivity contribution in [2.45, 2.75) is 18.7 Å². The Morgan fingerprint density at radius 2 is 2.06 bits per heavy atom. The average Bonchev–Trinajstić information content (AvgIpc) is 2.45. The van der Waals surface area contributed by atoms with Gasteiger partial charge in [-0.25, -0.2) is 8.42 Å². The number of halogens is 1. The number of hydrogen-bond acceptors (Lipinski definition) is 3. The van der Waals surface area contributed by atoms with Gasteiger partial charge >= 0.3 is 0 Å². The Morgan fingerprint density at radius 3 is 2.72 bits per heavy atom. The summed E-state index contributed by atoms with van der Waals surface area (Å²) in [5.74, 6) is 0. The van der Waals surface area contributed by atoms with E-state index in [-0.39, 0.29) is 5.25 Å². The molecule has 1 aromatic rings. The third kappa shape index (κ3) is 3.03. The Bertz CT molecular complexity index is 501. The van der Waals surface area contributed by atoms with Gasteiger partial charge in [0.05, 0.1) is 5.25 Å². The van der Waals surface area contributed by atoms with Crippen LogP contribution in [0, 0.1) is 0 Å². The van der Waals surface area contributed by atoms with E-state index in [9.17, 15) is 8.42 Å². The molecule has 1 saturated heterocycles. The minimum absolute atomic E-state index is 0.382. The summed E-state index contributed by atoms with van der Waals surface area (Å²) in [6.45, 7) is 3.86. The third-order valence-corrected chi connectivity index (χ3v) is 5.58. The van der Waals surface area contributed by atoms with Crippen LogP contribution in [-0.4, -0.2) is 37.6 Å². The largest absolute Gasteiger partial charge is 0.314 e. The number of nitrogens with one attached hydrogen (secondary N) is 1. The van der Waals surface area contributed by atoms with Gasteiger partial charge in [0.1, 0.15) is 0 Å². The molecule has 2 rings (SSSR count). The Labute approximate surface area is 113 Å². The number of sulfonamides is 1. The maximum Gasteiger partial charge on any atom is 0.218 e. The standard InChI is InChI=1S/C12H17ClN2O2S/c1-10-8-14-6-7-15(18(10,16)17)9-11-2-4-12(13)5-3-11/h2-5,10,14H,6-9H2,1H3. The van der Waals surface area contributed by atoms with Crippen molar-refractivity contribution >= 4 is 21.6 Å². The average molecular weight is 289 g/mol. The van der Waals surface area contributed by atoms with E-state index in [2.05, 4.69) is 5.32 Å². The van der Waals surface area contributed by atoms with Gasteiger partial charge in [0, 0.05) is 31.2 Å². The van der Waals surface area contributed by atoms with Gasteiger partial charge in [-0.05, 0) is 24.6 Å². The first-order chi connectivity index (χ1) is 8.50. The summed E-state index contributed by atoms with van der Waals surface area (Å²) in [5.41, 5.74) is 0.956. The predicted molar refractivity (Wildman–Crippen MR) is 73.1 cm³/mol. The van der Waals surface area contributed by atoms with Crippen LogP contribution in [0.2, 0.25) is 5.02 Å². The van der Waals surface area contributed by atoms with Crippen LogP contribution in [0.1, 0.15) is 12.5 Å². The van der Waals surface area contributed by atoms with Crippen LogP contribution in [0.25, 0.3) is 0 Å². The summed E-state index contributed by atoms with van der Waals surface area (Å²) in [6, 6.07) is 7.29. The fourth-order valence-electron chi connectivity index (χ4n) is 1.96. The van der Waals surface area contributed by atoms with Gasteiger partial charge in [-0.2, -0.15) is 4.31 Å². The monoisotopic (exact) mass is 288 g/mol. The van der Waals surface area contributed by atoms with Gasteiger partial charge in [0.25, 0.3) is 0 Å². The zero-order chi connectivity index (χ0) is 13.2. The van der Waals surface area contributed by atoms with Crippen molar-refractivity contribution in [1.29, 1.82) is 0 Å². The molecule has 100 valence electrons. The molecule has 1 atom stereocenters. The predicted octanol–water partition coefficient (Wildman–Crippen LogP) is 1.46. The molecule has 1 aliphatic heterocycles. The van der Waals surface area contributed by atoms with E-state index in [0.717, 1.165) is 5.56 Å². The van der Waals surface area contributed by atoms with Crippen molar-refractivity contribution in [2.75, 3.05) is 19.6 Å². The molecular weight excluding hydrogens is 272 g/mol. The maximum atomic E-state index is 12.3. The smallest absolute Gasteiger partial charge is 0.218 e. The lowest BCUT2D eigenvalue weighted by molar-refractivity contribution is 0.413. The summed E-state index contributed by atoms with van der Waals surface area (Å²) in [4.78, 5) is 0. The lowest BCUT2D eigenvalue weighted by Gasteiger charge is -2.22. The van der Waals surface area contributed by atoms with Crippen LogP contribution in [0.3, 0.4) is 0 Å². The number of benzene rings is 1. The van der Waals surface area contributed by atoms with Gasteiger partial charge in [0.2, 0.25) is 10.0 Å². The highest BCUT2D eigenvalue weighted by Crippen LogP contribution is 2.17.